The molecule has 0 saturated carbocycles. The van der Waals surface area contributed by atoms with E-state index in [1.54, 1.807) is 12.1 Å². The first-order valence-electron chi connectivity index (χ1n) is 6.94. The molecule has 1 heterocycles. The topological polar surface area (TPSA) is 70.2 Å². The lowest BCUT2D eigenvalue weighted by Crippen LogP contribution is -2.42. The van der Waals surface area contributed by atoms with Gasteiger partial charge in [0.05, 0.1) is 5.69 Å². The average Bonchev–Trinajstić information content (AvgIpc) is 2.46. The largest absolute Gasteiger partial charge is 0.383 e. The zero-order valence-corrected chi connectivity index (χ0v) is 12.9. The Bertz CT molecular complexity index is 551. The molecule has 0 radical (unpaired) electrons. The van der Waals surface area contributed by atoms with Gasteiger partial charge in [-0.2, -0.15) is 0 Å². The Labute approximate surface area is 121 Å². The molecule has 6 heteroatoms. The molecule has 20 heavy (non-hydrogen) atoms. The number of para-hydroxylation sites is 1. The summed E-state index contributed by atoms with van der Waals surface area (Å²) in [5.74, 6) is 0. The maximum atomic E-state index is 12.0. The highest BCUT2D eigenvalue weighted by molar-refractivity contribution is 7.89. The van der Waals surface area contributed by atoms with Crippen LogP contribution in [0.15, 0.2) is 29.2 Å². The summed E-state index contributed by atoms with van der Waals surface area (Å²) in [5.41, 5.74) is 0.822. The lowest BCUT2D eigenvalue weighted by molar-refractivity contribution is 0.253. The third-order valence-electron chi connectivity index (χ3n) is 3.84. The number of piperidine rings is 1. The first-order valence-corrected chi connectivity index (χ1v) is 8.42. The minimum Gasteiger partial charge on any atom is -0.383 e. The molecule has 1 aromatic carbocycles. The van der Waals surface area contributed by atoms with Gasteiger partial charge in [0, 0.05) is 13.1 Å². The monoisotopic (exact) mass is 297 g/mol. The molecule has 1 atom stereocenters. The van der Waals surface area contributed by atoms with Crippen LogP contribution in [0.2, 0.25) is 0 Å². The molecule has 0 aliphatic carbocycles. The molecule has 112 valence electrons. The predicted octanol–water partition coefficient (Wildman–Crippen LogP) is 1.40. The van der Waals surface area contributed by atoms with E-state index >= 15 is 0 Å². The minimum absolute atomic E-state index is 0.161. The van der Waals surface area contributed by atoms with Crippen LogP contribution >= 0.6 is 0 Å². The third kappa shape index (κ3) is 3.50. The van der Waals surface area contributed by atoms with Crippen LogP contribution in [-0.4, -0.2) is 35.1 Å². The van der Waals surface area contributed by atoms with E-state index < -0.39 is 10.0 Å². The van der Waals surface area contributed by atoms with E-state index in [0.717, 1.165) is 32.5 Å². The van der Waals surface area contributed by atoms with Gasteiger partial charge in [0.1, 0.15) is 4.90 Å². The number of rotatable bonds is 5. The molecule has 1 fully saturated rings. The molecule has 0 aromatic heterocycles. The summed E-state index contributed by atoms with van der Waals surface area (Å²) in [4.78, 5) is 0.301. The van der Waals surface area contributed by atoms with Gasteiger partial charge in [-0.25, -0.2) is 13.1 Å². The Balaban J connectivity index is 2.14. The van der Waals surface area contributed by atoms with E-state index in [1.165, 1.54) is 7.05 Å². The molecule has 1 aliphatic heterocycles. The fourth-order valence-electron chi connectivity index (χ4n) is 2.54. The Kier molecular flexibility index (Phi) is 4.67. The maximum Gasteiger partial charge on any atom is 0.242 e. The normalized spacial score (nSPS) is 23.5. The third-order valence-corrected chi connectivity index (χ3v) is 5.31. The molecule has 1 aliphatic rings. The summed E-state index contributed by atoms with van der Waals surface area (Å²) in [6.45, 7) is 5.01. The molecular formula is C14H23N3O2S. The smallest absolute Gasteiger partial charge is 0.242 e. The Morgan fingerprint density at radius 2 is 2.10 bits per heavy atom. The van der Waals surface area contributed by atoms with Gasteiger partial charge in [-0.15, -0.1) is 0 Å². The molecule has 5 nitrogen and oxygen atoms in total. The van der Waals surface area contributed by atoms with E-state index in [2.05, 4.69) is 22.3 Å². The van der Waals surface area contributed by atoms with Crippen molar-refractivity contribution in [3.63, 3.8) is 0 Å². The van der Waals surface area contributed by atoms with Crippen LogP contribution in [0.1, 0.15) is 19.8 Å². The number of nitrogens with one attached hydrogen (secondary N) is 3. The number of hydrogen-bond donors (Lipinski definition) is 3. The summed E-state index contributed by atoms with van der Waals surface area (Å²) < 4.78 is 26.3. The summed E-state index contributed by atoms with van der Waals surface area (Å²) in [7, 11) is -2.00. The molecule has 1 aromatic rings. The zero-order valence-electron chi connectivity index (χ0n) is 12.1. The van der Waals surface area contributed by atoms with Crippen LogP contribution in [0.3, 0.4) is 0 Å². The van der Waals surface area contributed by atoms with Crippen LogP contribution in [0, 0.1) is 5.41 Å². The van der Waals surface area contributed by atoms with Gasteiger partial charge in [0.2, 0.25) is 10.0 Å². The quantitative estimate of drug-likeness (QED) is 0.768. The molecule has 3 N–H and O–H groups in total. The van der Waals surface area contributed by atoms with Crippen LogP contribution in [-0.2, 0) is 10.0 Å². The van der Waals surface area contributed by atoms with Crippen LogP contribution in [0.25, 0.3) is 0 Å². The number of sulfonamides is 1. The molecular weight excluding hydrogens is 274 g/mol. The van der Waals surface area contributed by atoms with E-state index in [9.17, 15) is 8.42 Å². The fraction of sp³-hybridized carbons (Fsp3) is 0.571. The van der Waals surface area contributed by atoms with Gasteiger partial charge < -0.3 is 10.6 Å². The predicted molar refractivity (Wildman–Crippen MR) is 81.4 cm³/mol. The Hall–Kier alpha value is -1.11. The molecule has 0 bridgehead atoms. The summed E-state index contributed by atoms with van der Waals surface area (Å²) in [6.07, 6.45) is 2.31. The van der Waals surface area contributed by atoms with Gasteiger partial charge in [0.25, 0.3) is 0 Å². The van der Waals surface area contributed by atoms with Crippen molar-refractivity contribution in [2.24, 2.45) is 5.41 Å². The first-order chi connectivity index (χ1) is 9.47. The highest BCUT2D eigenvalue weighted by Gasteiger charge is 2.27. The lowest BCUT2D eigenvalue weighted by atomic mass is 9.83. The molecule has 2 rings (SSSR count). The second-order valence-corrected chi connectivity index (χ2v) is 7.50. The Morgan fingerprint density at radius 3 is 2.75 bits per heavy atom. The van der Waals surface area contributed by atoms with Crippen molar-refractivity contribution in [3.8, 4) is 0 Å². The van der Waals surface area contributed by atoms with Crippen molar-refractivity contribution < 1.29 is 8.42 Å². The van der Waals surface area contributed by atoms with Gasteiger partial charge in [-0.1, -0.05) is 19.1 Å². The molecule has 1 unspecified atom stereocenters. The summed E-state index contributed by atoms with van der Waals surface area (Å²) in [5, 5.41) is 6.70. The van der Waals surface area contributed by atoms with E-state index in [0.29, 0.717) is 10.6 Å². The van der Waals surface area contributed by atoms with Gasteiger partial charge in [0.15, 0.2) is 0 Å². The minimum atomic E-state index is -3.43. The van der Waals surface area contributed by atoms with Crippen molar-refractivity contribution in [1.29, 1.82) is 0 Å². The standard InChI is InChI=1S/C14H23N3O2S/c1-14(8-5-9-16-10-14)11-17-12-6-3-4-7-13(12)20(18,19)15-2/h3-4,6-7,15-17H,5,8-11H2,1-2H3. The molecule has 1 saturated heterocycles. The molecule has 0 spiro atoms. The molecule has 0 amide bonds. The van der Waals surface area contributed by atoms with Gasteiger partial charge in [-0.05, 0) is 44.0 Å². The summed E-state index contributed by atoms with van der Waals surface area (Å²) >= 11 is 0. The second-order valence-electron chi connectivity index (χ2n) is 5.65. The van der Waals surface area contributed by atoms with Crippen LogP contribution < -0.4 is 15.4 Å². The zero-order chi connectivity index (χ0) is 14.6. The highest BCUT2D eigenvalue weighted by atomic mass is 32.2. The second kappa shape index (κ2) is 6.11. The highest BCUT2D eigenvalue weighted by Crippen LogP contribution is 2.27. The number of hydrogen-bond acceptors (Lipinski definition) is 4. The number of benzene rings is 1. The van der Waals surface area contributed by atoms with Crippen LogP contribution in [0.5, 0.6) is 0 Å². The van der Waals surface area contributed by atoms with E-state index in [1.807, 2.05) is 12.1 Å². The Morgan fingerprint density at radius 1 is 1.35 bits per heavy atom. The van der Waals surface area contributed by atoms with Crippen molar-refractivity contribution in [3.05, 3.63) is 24.3 Å². The van der Waals surface area contributed by atoms with E-state index in [4.69, 9.17) is 0 Å². The lowest BCUT2D eigenvalue weighted by Gasteiger charge is -2.34. The SMILES string of the molecule is CNS(=O)(=O)c1ccccc1NCC1(C)CCCNC1. The van der Waals surface area contributed by atoms with Crippen molar-refractivity contribution in [2.45, 2.75) is 24.7 Å². The first kappa shape index (κ1) is 15.3. The van der Waals surface area contributed by atoms with Crippen LogP contribution in [0.4, 0.5) is 5.69 Å². The van der Waals surface area contributed by atoms with Crippen molar-refractivity contribution >= 4 is 15.7 Å². The van der Waals surface area contributed by atoms with Gasteiger partial charge in [-0.3, -0.25) is 0 Å². The van der Waals surface area contributed by atoms with Gasteiger partial charge >= 0.3 is 0 Å². The summed E-state index contributed by atoms with van der Waals surface area (Å²) in [6, 6.07) is 7.01. The maximum absolute atomic E-state index is 12.0. The van der Waals surface area contributed by atoms with Crippen molar-refractivity contribution in [1.82, 2.24) is 10.0 Å². The van der Waals surface area contributed by atoms with E-state index in [-0.39, 0.29) is 5.41 Å². The van der Waals surface area contributed by atoms with Crippen molar-refractivity contribution in [2.75, 3.05) is 32.0 Å². The number of anilines is 1. The average molecular weight is 297 g/mol. The fourth-order valence-corrected chi connectivity index (χ4v) is 3.44.